The zero-order chi connectivity index (χ0) is 17.2. The van der Waals surface area contributed by atoms with E-state index >= 15 is 0 Å². The summed E-state index contributed by atoms with van der Waals surface area (Å²) in [6, 6.07) is 10.9. The predicted molar refractivity (Wildman–Crippen MR) is 84.4 cm³/mol. The molecule has 3 rings (SSSR count). The van der Waals surface area contributed by atoms with E-state index in [2.05, 4.69) is 5.16 Å². The Labute approximate surface area is 138 Å². The molecule has 1 aromatic carbocycles. The molecule has 1 amide bonds. The van der Waals surface area contributed by atoms with Crippen LogP contribution in [-0.2, 0) is 9.53 Å². The van der Waals surface area contributed by atoms with Crippen LogP contribution in [0.2, 0.25) is 0 Å². The van der Waals surface area contributed by atoms with Crippen LogP contribution in [0.15, 0.2) is 40.9 Å². The van der Waals surface area contributed by atoms with Gasteiger partial charge in [0, 0.05) is 31.8 Å². The number of ether oxygens (including phenoxy) is 1. The maximum absolute atomic E-state index is 12.6. The number of hydrogen-bond donors (Lipinski definition) is 1. The van der Waals surface area contributed by atoms with E-state index in [9.17, 15) is 14.7 Å². The Kier molecular flexibility index (Phi) is 4.35. The summed E-state index contributed by atoms with van der Waals surface area (Å²) in [5.41, 5.74) is -0.0617. The zero-order valence-electron chi connectivity index (χ0n) is 13.3. The highest BCUT2D eigenvalue weighted by atomic mass is 16.5. The molecule has 1 saturated heterocycles. The quantitative estimate of drug-likeness (QED) is 0.900. The summed E-state index contributed by atoms with van der Waals surface area (Å²) in [6.07, 6.45) is 0.352. The van der Waals surface area contributed by atoms with E-state index in [0.717, 1.165) is 5.56 Å². The van der Waals surface area contributed by atoms with Crippen LogP contribution in [0.1, 0.15) is 16.9 Å². The first kappa shape index (κ1) is 16.2. The summed E-state index contributed by atoms with van der Waals surface area (Å²) in [5.74, 6) is -0.788. The number of carboxylic acid groups (broad SMARTS) is 1. The maximum atomic E-state index is 12.6. The first-order chi connectivity index (χ1) is 11.6. The van der Waals surface area contributed by atoms with Crippen molar-refractivity contribution in [1.29, 1.82) is 0 Å². The lowest BCUT2D eigenvalue weighted by atomic mass is 9.88. The van der Waals surface area contributed by atoms with Crippen LogP contribution >= 0.6 is 0 Å². The molecule has 2 heterocycles. The molecule has 7 heteroatoms. The highest BCUT2D eigenvalue weighted by molar-refractivity contribution is 5.94. The van der Waals surface area contributed by atoms with Crippen molar-refractivity contribution < 1.29 is 24.0 Å². The van der Waals surface area contributed by atoms with Gasteiger partial charge in [-0.2, -0.15) is 0 Å². The van der Waals surface area contributed by atoms with Gasteiger partial charge in [0.05, 0.1) is 6.61 Å². The van der Waals surface area contributed by atoms with Crippen LogP contribution in [0.25, 0.3) is 11.3 Å². The number of nitrogens with zero attached hydrogens (tertiary/aromatic N) is 2. The average Bonchev–Trinajstić information content (AvgIpc) is 3.23. The van der Waals surface area contributed by atoms with E-state index in [0.29, 0.717) is 18.7 Å². The first-order valence-corrected chi connectivity index (χ1v) is 7.59. The van der Waals surface area contributed by atoms with Crippen molar-refractivity contribution in [3.8, 4) is 11.3 Å². The van der Waals surface area contributed by atoms with Crippen molar-refractivity contribution in [3.63, 3.8) is 0 Å². The summed E-state index contributed by atoms with van der Waals surface area (Å²) in [5, 5.41) is 13.3. The molecule has 24 heavy (non-hydrogen) atoms. The zero-order valence-corrected chi connectivity index (χ0v) is 13.3. The molecule has 0 saturated carbocycles. The molecular formula is C17H18N2O5. The Bertz CT molecular complexity index is 742. The smallest absolute Gasteiger partial charge is 0.313 e. The molecule has 1 aliphatic heterocycles. The third kappa shape index (κ3) is 2.90. The summed E-state index contributed by atoms with van der Waals surface area (Å²) < 4.78 is 10.3. The summed E-state index contributed by atoms with van der Waals surface area (Å²) in [6.45, 7) is 0.519. The lowest BCUT2D eigenvalue weighted by molar-refractivity contribution is -0.151. The monoisotopic (exact) mass is 330 g/mol. The molecule has 0 spiro atoms. The Balaban J connectivity index is 1.76. The number of carbonyl (C=O) groups excluding carboxylic acids is 1. The lowest BCUT2D eigenvalue weighted by Gasteiger charge is -2.23. The molecule has 1 atom stereocenters. The lowest BCUT2D eigenvalue weighted by Crippen LogP contribution is -2.40. The van der Waals surface area contributed by atoms with Gasteiger partial charge in [0.2, 0.25) is 0 Å². The van der Waals surface area contributed by atoms with Gasteiger partial charge in [0.1, 0.15) is 5.41 Å². The first-order valence-electron chi connectivity index (χ1n) is 7.59. The Morgan fingerprint density at radius 1 is 1.38 bits per heavy atom. The summed E-state index contributed by atoms with van der Waals surface area (Å²) in [4.78, 5) is 25.6. The number of benzene rings is 1. The summed E-state index contributed by atoms with van der Waals surface area (Å²) in [7, 11) is 1.46. The van der Waals surface area contributed by atoms with Gasteiger partial charge in [-0.3, -0.25) is 9.59 Å². The van der Waals surface area contributed by atoms with Crippen LogP contribution < -0.4 is 0 Å². The van der Waals surface area contributed by atoms with Gasteiger partial charge in [-0.1, -0.05) is 35.5 Å². The van der Waals surface area contributed by atoms with Crippen LogP contribution in [0, 0.1) is 5.41 Å². The number of likely N-dealkylation sites (tertiary alicyclic amines) is 1. The van der Waals surface area contributed by atoms with Crippen LogP contribution in [0.4, 0.5) is 0 Å². The van der Waals surface area contributed by atoms with E-state index in [1.807, 2.05) is 30.3 Å². The molecule has 0 radical (unpaired) electrons. The minimum Gasteiger partial charge on any atom is -0.481 e. The second-order valence-corrected chi connectivity index (χ2v) is 5.94. The van der Waals surface area contributed by atoms with Gasteiger partial charge in [-0.05, 0) is 6.42 Å². The number of aromatic nitrogens is 1. The van der Waals surface area contributed by atoms with E-state index < -0.39 is 11.4 Å². The predicted octanol–water partition coefficient (Wildman–Crippen LogP) is 1.90. The van der Waals surface area contributed by atoms with Crippen molar-refractivity contribution in [2.45, 2.75) is 6.42 Å². The van der Waals surface area contributed by atoms with Crippen molar-refractivity contribution >= 4 is 11.9 Å². The fraction of sp³-hybridized carbons (Fsp3) is 0.353. The fourth-order valence-electron chi connectivity index (χ4n) is 2.95. The number of carbonyl (C=O) groups is 2. The van der Waals surface area contributed by atoms with Crippen molar-refractivity contribution in [1.82, 2.24) is 10.1 Å². The van der Waals surface area contributed by atoms with Crippen LogP contribution in [0.5, 0.6) is 0 Å². The third-order valence-corrected chi connectivity index (χ3v) is 4.30. The molecule has 1 aromatic heterocycles. The number of rotatable bonds is 5. The molecule has 1 unspecified atom stereocenters. The molecule has 126 valence electrons. The third-order valence-electron chi connectivity index (χ3n) is 4.30. The molecule has 2 aromatic rings. The van der Waals surface area contributed by atoms with E-state index in [1.54, 1.807) is 6.07 Å². The number of amides is 1. The molecule has 1 fully saturated rings. The molecule has 1 aliphatic rings. The number of methoxy groups -OCH3 is 1. The Hall–Kier alpha value is -2.67. The minimum absolute atomic E-state index is 0.0696. The van der Waals surface area contributed by atoms with Gasteiger partial charge in [0.25, 0.3) is 5.91 Å². The SMILES string of the molecule is COCC1(C(=O)O)CCN(C(=O)c2cc(-c3ccccc3)on2)C1. The van der Waals surface area contributed by atoms with Crippen LogP contribution in [-0.4, -0.2) is 53.8 Å². The van der Waals surface area contributed by atoms with Crippen molar-refractivity contribution in [3.05, 3.63) is 42.1 Å². The number of carboxylic acids is 1. The highest BCUT2D eigenvalue weighted by Crippen LogP contribution is 2.32. The van der Waals surface area contributed by atoms with Crippen molar-refractivity contribution in [2.24, 2.45) is 5.41 Å². The maximum Gasteiger partial charge on any atom is 0.313 e. The molecule has 0 aliphatic carbocycles. The molecule has 7 nitrogen and oxygen atoms in total. The van der Waals surface area contributed by atoms with E-state index in [-0.39, 0.29) is 24.8 Å². The second-order valence-electron chi connectivity index (χ2n) is 5.94. The van der Waals surface area contributed by atoms with Gasteiger partial charge in [-0.25, -0.2) is 0 Å². The van der Waals surface area contributed by atoms with E-state index in [4.69, 9.17) is 9.26 Å². The fourth-order valence-corrected chi connectivity index (χ4v) is 2.95. The minimum atomic E-state index is -1.06. The number of aliphatic carboxylic acids is 1. The van der Waals surface area contributed by atoms with Crippen LogP contribution in [0.3, 0.4) is 0 Å². The van der Waals surface area contributed by atoms with Gasteiger partial charge in [-0.15, -0.1) is 0 Å². The molecular weight excluding hydrogens is 312 g/mol. The molecule has 0 bridgehead atoms. The topological polar surface area (TPSA) is 92.9 Å². The summed E-state index contributed by atoms with van der Waals surface area (Å²) >= 11 is 0. The second kappa shape index (κ2) is 6.45. The average molecular weight is 330 g/mol. The number of hydrogen-bond acceptors (Lipinski definition) is 5. The highest BCUT2D eigenvalue weighted by Gasteiger charge is 2.46. The van der Waals surface area contributed by atoms with Gasteiger partial charge >= 0.3 is 5.97 Å². The van der Waals surface area contributed by atoms with E-state index in [1.165, 1.54) is 12.0 Å². The van der Waals surface area contributed by atoms with Gasteiger partial charge < -0.3 is 19.3 Å². The molecule has 1 N–H and O–H groups in total. The Morgan fingerprint density at radius 2 is 2.12 bits per heavy atom. The van der Waals surface area contributed by atoms with Crippen molar-refractivity contribution in [2.75, 3.05) is 26.8 Å². The largest absolute Gasteiger partial charge is 0.481 e. The standard InChI is InChI=1S/C17H18N2O5/c1-23-11-17(16(21)22)7-8-19(10-17)15(20)13-9-14(24-18-13)12-5-3-2-4-6-12/h2-6,9H,7-8,10-11H2,1H3,(H,21,22). The van der Waals surface area contributed by atoms with Gasteiger partial charge in [0.15, 0.2) is 11.5 Å². The Morgan fingerprint density at radius 3 is 2.79 bits per heavy atom. The normalized spacial score (nSPS) is 20.3.